The molecule has 0 unspecified atom stereocenters. The first-order chi connectivity index (χ1) is 5.74. The van der Waals surface area contributed by atoms with Crippen LogP contribution in [0.15, 0.2) is 0 Å². The van der Waals surface area contributed by atoms with Gasteiger partial charge in [0.2, 0.25) is 0 Å². The Bertz CT molecular complexity index is 29.0. The van der Waals surface area contributed by atoms with E-state index in [0.717, 1.165) is 6.42 Å². The standard InChI is InChI=1S/C4H9.2C2H6O.ClH.Ti/c1-3-4-2;2*1-2-3;;/h1,3-4H2,2H3;2*3H,2H2,1H3;1H;/q-1;;;;+2/p-1. The molecular weight excluding hydrogens is 211 g/mol. The second-order valence-electron chi connectivity index (χ2n) is 1.49. The van der Waals surface area contributed by atoms with Gasteiger partial charge in [0.25, 0.3) is 0 Å². The molecule has 0 saturated carbocycles. The van der Waals surface area contributed by atoms with Crippen LogP contribution in [0.25, 0.3) is 0 Å². The number of halogens is 1. The van der Waals surface area contributed by atoms with Gasteiger partial charge >= 0.3 is 28.7 Å². The Hall–Kier alpha value is 0.924. The monoisotopic (exact) mass is 232 g/mol. The van der Waals surface area contributed by atoms with E-state index in [4.69, 9.17) is 10.2 Å². The molecule has 0 spiro atoms. The number of aliphatic hydroxyl groups is 2. The number of unbranched alkanes of at least 4 members (excludes halogenated alkanes) is 1. The molecule has 12 heavy (non-hydrogen) atoms. The third kappa shape index (κ3) is 291. The van der Waals surface area contributed by atoms with Crippen molar-refractivity contribution in [2.75, 3.05) is 13.2 Å². The first-order valence-electron chi connectivity index (χ1n) is 3.94. The van der Waals surface area contributed by atoms with E-state index >= 15 is 0 Å². The number of hydrogen-bond acceptors (Lipinski definition) is 2. The fourth-order valence-electron chi connectivity index (χ4n) is 0. The van der Waals surface area contributed by atoms with Crippen LogP contribution in [0.4, 0.5) is 0 Å². The summed E-state index contributed by atoms with van der Waals surface area (Å²) in [4.78, 5) is 0. The molecule has 0 aromatic carbocycles. The summed E-state index contributed by atoms with van der Waals surface area (Å²) in [7, 11) is 4.64. The molecule has 0 aromatic rings. The van der Waals surface area contributed by atoms with Gasteiger partial charge in [0.15, 0.2) is 0 Å². The van der Waals surface area contributed by atoms with Crippen molar-refractivity contribution in [3.05, 3.63) is 6.92 Å². The predicted molar refractivity (Wildman–Crippen MR) is 51.6 cm³/mol. The van der Waals surface area contributed by atoms with Gasteiger partial charge in [-0.25, -0.2) is 0 Å². The molecule has 0 fully saturated rings. The minimum absolute atomic E-state index is 0.250. The summed E-state index contributed by atoms with van der Waals surface area (Å²) < 4.78 is 0. The van der Waals surface area contributed by atoms with Crippen molar-refractivity contribution in [1.29, 1.82) is 0 Å². The van der Waals surface area contributed by atoms with E-state index in [-0.39, 0.29) is 13.2 Å². The van der Waals surface area contributed by atoms with Crippen LogP contribution in [0, 0.1) is 6.92 Å². The van der Waals surface area contributed by atoms with Gasteiger partial charge in [0.1, 0.15) is 0 Å². The zero-order valence-corrected chi connectivity index (χ0v) is 10.6. The zero-order chi connectivity index (χ0) is 10.8. The predicted octanol–water partition coefficient (Wildman–Crippen LogP) is 2.30. The van der Waals surface area contributed by atoms with Crippen LogP contribution in [0.1, 0.15) is 33.6 Å². The fraction of sp³-hybridized carbons (Fsp3) is 0.875. The first kappa shape index (κ1) is 23.1. The van der Waals surface area contributed by atoms with E-state index in [1.54, 1.807) is 13.8 Å². The second kappa shape index (κ2) is 58.7. The molecule has 0 heterocycles. The van der Waals surface area contributed by atoms with Crippen molar-refractivity contribution < 1.29 is 29.6 Å². The molecule has 4 heteroatoms. The number of hydrogen-bond donors (Lipinski definition) is 2. The Morgan fingerprint density at radius 1 is 1.08 bits per heavy atom. The Kier molecular flexibility index (Phi) is 113. The summed E-state index contributed by atoms with van der Waals surface area (Å²) >= 11 is 1.47. The Morgan fingerprint density at radius 3 is 1.17 bits per heavy atom. The SMILES string of the molecule is CCO.CCO.[CH2-]CCC.[Cl][Ti+]. The van der Waals surface area contributed by atoms with Crippen LogP contribution in [0.3, 0.4) is 0 Å². The average Bonchev–Trinajstić information content (AvgIpc) is 2.10. The van der Waals surface area contributed by atoms with Gasteiger partial charge in [0.05, 0.1) is 0 Å². The van der Waals surface area contributed by atoms with E-state index in [1.807, 2.05) is 0 Å². The van der Waals surface area contributed by atoms with Gasteiger partial charge in [-0.05, 0) is 13.8 Å². The van der Waals surface area contributed by atoms with E-state index in [1.165, 1.54) is 25.8 Å². The van der Waals surface area contributed by atoms with Gasteiger partial charge < -0.3 is 17.1 Å². The zero-order valence-electron chi connectivity index (χ0n) is 8.31. The van der Waals surface area contributed by atoms with Crippen molar-refractivity contribution in [2.45, 2.75) is 33.6 Å². The summed E-state index contributed by atoms with van der Waals surface area (Å²) in [5.41, 5.74) is 0. The molecular formula is C8H21ClO2Ti. The van der Waals surface area contributed by atoms with Crippen LogP contribution >= 0.6 is 9.30 Å². The molecule has 0 aromatic heterocycles. The molecule has 0 aliphatic rings. The molecule has 0 rings (SSSR count). The summed E-state index contributed by atoms with van der Waals surface area (Å²) in [5.74, 6) is 0. The van der Waals surface area contributed by atoms with E-state index < -0.39 is 0 Å². The van der Waals surface area contributed by atoms with Crippen LogP contribution in [0.5, 0.6) is 0 Å². The van der Waals surface area contributed by atoms with E-state index in [0.29, 0.717) is 0 Å². The van der Waals surface area contributed by atoms with Crippen molar-refractivity contribution >= 4 is 9.30 Å². The molecule has 0 aliphatic carbocycles. The van der Waals surface area contributed by atoms with Crippen LogP contribution in [-0.2, 0) is 19.4 Å². The Labute approximate surface area is 92.6 Å². The van der Waals surface area contributed by atoms with E-state index in [2.05, 4.69) is 23.2 Å². The van der Waals surface area contributed by atoms with Crippen LogP contribution in [-0.4, -0.2) is 23.4 Å². The molecule has 0 amide bonds. The second-order valence-corrected chi connectivity index (χ2v) is 1.49. The van der Waals surface area contributed by atoms with Gasteiger partial charge in [-0.2, -0.15) is 6.42 Å². The molecule has 0 saturated heterocycles. The first-order valence-corrected chi connectivity index (χ1v) is 6.09. The summed E-state index contributed by atoms with van der Waals surface area (Å²) in [6.45, 7) is 9.58. The molecule has 2 nitrogen and oxygen atoms in total. The Balaban J connectivity index is -0.0000000368. The van der Waals surface area contributed by atoms with Gasteiger partial charge in [-0.15, -0.1) is 0 Å². The van der Waals surface area contributed by atoms with E-state index in [9.17, 15) is 0 Å². The van der Waals surface area contributed by atoms with Crippen LogP contribution in [0.2, 0.25) is 0 Å². The third-order valence-electron chi connectivity index (χ3n) is 0.354. The Morgan fingerprint density at radius 2 is 1.17 bits per heavy atom. The van der Waals surface area contributed by atoms with Gasteiger partial charge in [-0.1, -0.05) is 13.3 Å². The molecule has 0 bridgehead atoms. The quantitative estimate of drug-likeness (QED) is 0.538. The summed E-state index contributed by atoms with van der Waals surface area (Å²) in [6.07, 6.45) is 2.28. The topological polar surface area (TPSA) is 40.5 Å². The van der Waals surface area contributed by atoms with Gasteiger partial charge in [-0.3, -0.25) is 0 Å². The number of rotatable bonds is 1. The molecule has 0 aliphatic heterocycles. The maximum absolute atomic E-state index is 7.57. The minimum atomic E-state index is 0.250. The molecule has 0 atom stereocenters. The molecule has 76 valence electrons. The fourth-order valence-corrected chi connectivity index (χ4v) is 0. The molecule has 2 N–H and O–H groups in total. The maximum atomic E-state index is 7.57. The normalized spacial score (nSPS) is 5.83. The summed E-state index contributed by atoms with van der Waals surface area (Å²) in [6, 6.07) is 0. The van der Waals surface area contributed by atoms with Crippen molar-refractivity contribution in [3.63, 3.8) is 0 Å². The van der Waals surface area contributed by atoms with Crippen molar-refractivity contribution in [2.24, 2.45) is 0 Å². The number of aliphatic hydroxyl groups excluding tert-OH is 2. The van der Waals surface area contributed by atoms with Crippen molar-refractivity contribution in [1.82, 2.24) is 0 Å². The van der Waals surface area contributed by atoms with Crippen molar-refractivity contribution in [3.8, 4) is 0 Å². The average molecular weight is 233 g/mol. The molecule has 0 radical (unpaired) electrons. The van der Waals surface area contributed by atoms with Crippen LogP contribution < -0.4 is 0 Å². The van der Waals surface area contributed by atoms with Gasteiger partial charge in [0, 0.05) is 13.2 Å². The summed E-state index contributed by atoms with van der Waals surface area (Å²) in [5, 5.41) is 15.1. The third-order valence-corrected chi connectivity index (χ3v) is 0.354.